The average Bonchev–Trinajstić information content (AvgIpc) is 3.00. The molecule has 2 aromatic carbocycles. The minimum Gasteiger partial charge on any atom is -0.491 e. The number of ether oxygens (including phenoxy) is 1. The summed E-state index contributed by atoms with van der Waals surface area (Å²) in [6.45, 7) is 11.2. The molecule has 2 N–H and O–H groups in total. The summed E-state index contributed by atoms with van der Waals surface area (Å²) in [6, 6.07) is 14.5. The second-order valence-corrected chi connectivity index (χ2v) is 11.9. The van der Waals surface area contributed by atoms with E-state index in [1.807, 2.05) is 39.0 Å². The number of piperidine rings is 2. The first-order valence-corrected chi connectivity index (χ1v) is 15.7. The van der Waals surface area contributed by atoms with Crippen molar-refractivity contribution in [2.75, 3.05) is 42.9 Å². The van der Waals surface area contributed by atoms with Crippen molar-refractivity contribution in [1.82, 2.24) is 20.2 Å². The third-order valence-electron chi connectivity index (χ3n) is 8.05. The molecule has 0 radical (unpaired) electrons. The number of likely N-dealkylation sites (tertiary alicyclic amines) is 1. The van der Waals surface area contributed by atoms with Crippen LogP contribution in [0.3, 0.4) is 0 Å². The summed E-state index contributed by atoms with van der Waals surface area (Å²) in [7, 11) is 0. The van der Waals surface area contributed by atoms with Gasteiger partial charge in [-0.3, -0.25) is 4.79 Å². The van der Waals surface area contributed by atoms with Crippen molar-refractivity contribution in [3.05, 3.63) is 70.6 Å². The molecule has 0 bridgehead atoms. The fraction of sp³-hybridized carbons (Fsp3) is 0.485. The molecule has 5 rings (SSSR count). The summed E-state index contributed by atoms with van der Waals surface area (Å²) in [5, 5.41) is 6.48. The molecule has 2 saturated heterocycles. The van der Waals surface area contributed by atoms with Crippen molar-refractivity contribution >= 4 is 34.7 Å². The molecule has 1 amide bonds. The predicted molar refractivity (Wildman–Crippen MR) is 170 cm³/mol. The zero-order chi connectivity index (χ0) is 29.5. The zero-order valence-corrected chi connectivity index (χ0v) is 25.8. The average molecular weight is 591 g/mol. The number of aromatic nitrogens is 2. The second-order valence-electron chi connectivity index (χ2n) is 11.5. The maximum Gasteiger partial charge on any atom is 0.253 e. The Kier molecular flexibility index (Phi) is 10.2. The van der Waals surface area contributed by atoms with Gasteiger partial charge in [0.15, 0.2) is 5.82 Å². The summed E-state index contributed by atoms with van der Waals surface area (Å²) >= 11 is 6.49. The number of amides is 1. The van der Waals surface area contributed by atoms with Gasteiger partial charge in [-0.15, -0.1) is 0 Å². The van der Waals surface area contributed by atoms with Crippen molar-refractivity contribution in [1.29, 1.82) is 0 Å². The van der Waals surface area contributed by atoms with E-state index in [0.29, 0.717) is 46.9 Å². The van der Waals surface area contributed by atoms with Gasteiger partial charge in [-0.1, -0.05) is 36.2 Å². The Morgan fingerprint density at radius 2 is 1.83 bits per heavy atom. The van der Waals surface area contributed by atoms with Gasteiger partial charge < -0.3 is 25.2 Å². The number of nitrogens with zero attached hydrogens (tertiary/aromatic N) is 4. The van der Waals surface area contributed by atoms with E-state index in [2.05, 4.69) is 43.6 Å². The Hall–Kier alpha value is -3.36. The molecule has 3 heterocycles. The van der Waals surface area contributed by atoms with Gasteiger partial charge in [0.2, 0.25) is 0 Å². The van der Waals surface area contributed by atoms with Gasteiger partial charge >= 0.3 is 0 Å². The van der Waals surface area contributed by atoms with Crippen LogP contribution in [-0.2, 0) is 6.42 Å². The first-order valence-electron chi connectivity index (χ1n) is 15.4. The summed E-state index contributed by atoms with van der Waals surface area (Å²) in [5.74, 6) is 1.77. The fourth-order valence-corrected chi connectivity index (χ4v) is 6.08. The number of hydrogen-bond donors (Lipinski definition) is 2. The van der Waals surface area contributed by atoms with Gasteiger partial charge in [0.05, 0.1) is 23.6 Å². The van der Waals surface area contributed by atoms with Crippen molar-refractivity contribution in [3.63, 3.8) is 0 Å². The maximum atomic E-state index is 12.6. The number of hydrogen-bond acceptors (Lipinski definition) is 7. The molecule has 224 valence electrons. The van der Waals surface area contributed by atoms with E-state index in [1.54, 1.807) is 12.3 Å². The molecule has 3 aromatic rings. The van der Waals surface area contributed by atoms with Crippen LogP contribution < -0.4 is 20.3 Å². The summed E-state index contributed by atoms with van der Waals surface area (Å²) < 4.78 is 6.30. The smallest absolute Gasteiger partial charge is 0.253 e. The second kappa shape index (κ2) is 14.2. The van der Waals surface area contributed by atoms with Gasteiger partial charge in [-0.05, 0) is 77.7 Å². The van der Waals surface area contributed by atoms with Crippen molar-refractivity contribution in [2.24, 2.45) is 0 Å². The van der Waals surface area contributed by atoms with Gasteiger partial charge in [0.25, 0.3) is 5.91 Å². The first-order chi connectivity index (χ1) is 20.4. The number of para-hydroxylation sites is 1. The van der Waals surface area contributed by atoms with E-state index >= 15 is 0 Å². The molecule has 42 heavy (non-hydrogen) atoms. The molecule has 1 aromatic heterocycles. The van der Waals surface area contributed by atoms with E-state index in [-0.39, 0.29) is 12.0 Å². The molecule has 0 atom stereocenters. The number of carbonyl (C=O) groups is 1. The quantitative estimate of drug-likeness (QED) is 0.280. The van der Waals surface area contributed by atoms with E-state index in [4.69, 9.17) is 21.3 Å². The molecule has 0 aliphatic carbocycles. The number of anilines is 3. The largest absolute Gasteiger partial charge is 0.491 e. The molecule has 0 saturated carbocycles. The molecule has 2 aliphatic heterocycles. The monoisotopic (exact) mass is 590 g/mol. The summed E-state index contributed by atoms with van der Waals surface area (Å²) in [4.78, 5) is 27.0. The highest BCUT2D eigenvalue weighted by Gasteiger charge is 2.26. The van der Waals surface area contributed by atoms with Crippen LogP contribution in [0.5, 0.6) is 5.75 Å². The lowest BCUT2D eigenvalue weighted by molar-refractivity contribution is 0.0956. The molecule has 8 nitrogen and oxygen atoms in total. The van der Waals surface area contributed by atoms with Crippen molar-refractivity contribution in [3.8, 4) is 5.75 Å². The molecule has 2 aliphatic rings. The highest BCUT2D eigenvalue weighted by Crippen LogP contribution is 2.32. The Morgan fingerprint density at radius 3 is 2.57 bits per heavy atom. The van der Waals surface area contributed by atoms with Crippen LogP contribution in [0.2, 0.25) is 5.02 Å². The first kappa shape index (κ1) is 30.1. The van der Waals surface area contributed by atoms with Gasteiger partial charge in [0.1, 0.15) is 16.6 Å². The van der Waals surface area contributed by atoms with Crippen LogP contribution in [0.25, 0.3) is 0 Å². The third-order valence-corrected chi connectivity index (χ3v) is 8.33. The van der Waals surface area contributed by atoms with Crippen molar-refractivity contribution < 1.29 is 9.53 Å². The molecule has 0 spiro atoms. The van der Waals surface area contributed by atoms with Crippen LogP contribution >= 0.6 is 11.6 Å². The van der Waals surface area contributed by atoms with E-state index < -0.39 is 0 Å². The lowest BCUT2D eigenvalue weighted by atomic mass is 9.99. The predicted octanol–water partition coefficient (Wildman–Crippen LogP) is 6.46. The molecular weight excluding hydrogens is 548 g/mol. The minimum atomic E-state index is -0.155. The van der Waals surface area contributed by atoms with Crippen LogP contribution in [0.1, 0.15) is 74.6 Å². The van der Waals surface area contributed by atoms with Gasteiger partial charge in [-0.2, -0.15) is 0 Å². The zero-order valence-electron chi connectivity index (χ0n) is 25.0. The number of nitrogens with one attached hydrogen (secondary N) is 2. The maximum absolute atomic E-state index is 12.6. The van der Waals surface area contributed by atoms with Crippen molar-refractivity contribution in [2.45, 2.75) is 71.4 Å². The highest BCUT2D eigenvalue weighted by atomic mass is 35.5. The number of halogens is 1. The highest BCUT2D eigenvalue weighted by molar-refractivity contribution is 6.32. The normalized spacial score (nSPS) is 16.5. The minimum absolute atomic E-state index is 0.0398. The molecule has 2 fully saturated rings. The van der Waals surface area contributed by atoms with Crippen LogP contribution in [0.4, 0.5) is 17.2 Å². The van der Waals surface area contributed by atoms with Gasteiger partial charge in [0, 0.05) is 49.4 Å². The Morgan fingerprint density at radius 1 is 1.07 bits per heavy atom. The van der Waals surface area contributed by atoms with E-state index in [1.165, 1.54) is 50.9 Å². The van der Waals surface area contributed by atoms with E-state index in [9.17, 15) is 4.79 Å². The SMILES string of the molecule is CCNC(=O)c1ccccc1Nc1nc(Cc2ccc(N3CCC(N4CCCCC4)CC3)cc2OC(C)C)ncc1Cl. The molecular formula is C33H43ClN6O2. The van der Waals surface area contributed by atoms with Crippen LogP contribution in [0.15, 0.2) is 48.7 Å². The fourth-order valence-electron chi connectivity index (χ4n) is 5.94. The van der Waals surface area contributed by atoms with Crippen LogP contribution in [-0.4, -0.2) is 65.6 Å². The molecule has 9 heteroatoms. The lowest BCUT2D eigenvalue weighted by Crippen LogP contribution is -2.46. The third kappa shape index (κ3) is 7.53. The standard InChI is InChI=1S/C33H43ClN6O2/c1-4-35-33(41)27-10-6-7-11-29(27)37-32-28(34)22-36-31(38-32)20-24-12-13-26(21-30(24)42-23(2)3)40-18-14-25(15-19-40)39-16-8-5-9-17-39/h6-7,10-13,21-23,25H,4-5,8-9,14-20H2,1-3H3,(H,35,41)(H,36,37,38). The summed E-state index contributed by atoms with van der Waals surface area (Å²) in [5.41, 5.74) is 3.38. The topological polar surface area (TPSA) is 82.6 Å². The van der Waals surface area contributed by atoms with E-state index in [0.717, 1.165) is 24.4 Å². The Bertz CT molecular complexity index is 1350. The van der Waals surface area contributed by atoms with Crippen LogP contribution in [0, 0.1) is 0 Å². The lowest BCUT2D eigenvalue weighted by Gasteiger charge is -2.41. The number of benzene rings is 2. The Balaban J connectivity index is 1.31. The molecule has 0 unspecified atom stereocenters. The number of carbonyl (C=O) groups excluding carboxylic acids is 1. The number of rotatable bonds is 10. The van der Waals surface area contributed by atoms with Gasteiger partial charge in [-0.25, -0.2) is 9.97 Å². The summed E-state index contributed by atoms with van der Waals surface area (Å²) in [6.07, 6.45) is 8.61. The Labute approximate surface area is 254 Å².